The van der Waals surface area contributed by atoms with Crippen LogP contribution < -0.4 is 5.32 Å². The van der Waals surface area contributed by atoms with Crippen LogP contribution >= 0.6 is 23.2 Å². The first-order valence-electron chi connectivity index (χ1n) is 4.95. The molecule has 2 N–H and O–H groups in total. The van der Waals surface area contributed by atoms with Gasteiger partial charge in [0, 0.05) is 23.5 Å². The molecule has 1 aromatic heterocycles. The maximum absolute atomic E-state index is 13.2. The van der Waals surface area contributed by atoms with E-state index in [-0.39, 0.29) is 10.0 Å². The SMILES string of the molecule is Cc1[nH]ncc1CNc1cc(Cl)c(F)c(Cl)c1. The van der Waals surface area contributed by atoms with E-state index in [2.05, 4.69) is 15.5 Å². The first-order chi connectivity index (χ1) is 8.08. The van der Waals surface area contributed by atoms with Crippen molar-refractivity contribution in [3.8, 4) is 0 Å². The van der Waals surface area contributed by atoms with Crippen molar-refractivity contribution in [3.63, 3.8) is 0 Å². The lowest BCUT2D eigenvalue weighted by atomic mass is 10.2. The number of hydrogen-bond donors (Lipinski definition) is 2. The summed E-state index contributed by atoms with van der Waals surface area (Å²) in [6, 6.07) is 3.00. The summed E-state index contributed by atoms with van der Waals surface area (Å²) in [6.45, 7) is 2.50. The van der Waals surface area contributed by atoms with Crippen molar-refractivity contribution < 1.29 is 4.39 Å². The molecule has 2 rings (SSSR count). The molecule has 2 aromatic rings. The van der Waals surface area contributed by atoms with E-state index in [1.165, 1.54) is 12.1 Å². The fourth-order valence-electron chi connectivity index (χ4n) is 1.41. The number of benzene rings is 1. The van der Waals surface area contributed by atoms with E-state index in [0.717, 1.165) is 11.3 Å². The van der Waals surface area contributed by atoms with Gasteiger partial charge in [-0.25, -0.2) is 4.39 Å². The molecule has 1 aromatic carbocycles. The Labute approximate surface area is 108 Å². The van der Waals surface area contributed by atoms with Crippen LogP contribution in [0, 0.1) is 12.7 Å². The van der Waals surface area contributed by atoms with Gasteiger partial charge < -0.3 is 5.32 Å². The number of aryl methyl sites for hydroxylation is 1. The van der Waals surface area contributed by atoms with Crippen LogP contribution in [0.25, 0.3) is 0 Å². The monoisotopic (exact) mass is 273 g/mol. The van der Waals surface area contributed by atoms with Gasteiger partial charge in [-0.1, -0.05) is 23.2 Å². The van der Waals surface area contributed by atoms with Crippen LogP contribution in [0.2, 0.25) is 10.0 Å². The number of hydrogen-bond acceptors (Lipinski definition) is 2. The van der Waals surface area contributed by atoms with E-state index in [0.29, 0.717) is 12.2 Å². The average Bonchev–Trinajstić information content (AvgIpc) is 2.69. The lowest BCUT2D eigenvalue weighted by molar-refractivity contribution is 0.629. The molecule has 0 saturated heterocycles. The highest BCUT2D eigenvalue weighted by Gasteiger charge is 2.08. The molecule has 0 aliphatic carbocycles. The maximum atomic E-state index is 13.2. The first kappa shape index (κ1) is 12.2. The highest BCUT2D eigenvalue weighted by molar-refractivity contribution is 6.35. The van der Waals surface area contributed by atoms with Crippen molar-refractivity contribution in [3.05, 3.63) is 45.4 Å². The second kappa shape index (κ2) is 4.94. The maximum Gasteiger partial charge on any atom is 0.160 e. The van der Waals surface area contributed by atoms with E-state index in [1.807, 2.05) is 6.92 Å². The third-order valence-electron chi connectivity index (χ3n) is 2.40. The molecule has 17 heavy (non-hydrogen) atoms. The summed E-state index contributed by atoms with van der Waals surface area (Å²) >= 11 is 11.4. The van der Waals surface area contributed by atoms with Crippen molar-refractivity contribution in [2.24, 2.45) is 0 Å². The normalized spacial score (nSPS) is 10.6. The van der Waals surface area contributed by atoms with Gasteiger partial charge in [-0.3, -0.25) is 5.10 Å². The summed E-state index contributed by atoms with van der Waals surface area (Å²) in [6.07, 6.45) is 1.73. The van der Waals surface area contributed by atoms with E-state index >= 15 is 0 Å². The molecule has 0 unspecified atom stereocenters. The molecule has 0 atom stereocenters. The molecule has 0 fully saturated rings. The van der Waals surface area contributed by atoms with Gasteiger partial charge in [0.05, 0.1) is 16.2 Å². The molecule has 0 radical (unpaired) electrons. The number of anilines is 1. The van der Waals surface area contributed by atoms with Crippen molar-refractivity contribution in [1.29, 1.82) is 0 Å². The van der Waals surface area contributed by atoms with Crippen molar-refractivity contribution in [2.75, 3.05) is 5.32 Å². The molecule has 1 heterocycles. The van der Waals surface area contributed by atoms with Crippen molar-refractivity contribution in [1.82, 2.24) is 10.2 Å². The number of aromatic nitrogens is 2. The van der Waals surface area contributed by atoms with Crippen LogP contribution in [0.4, 0.5) is 10.1 Å². The number of rotatable bonds is 3. The fraction of sp³-hybridized carbons (Fsp3) is 0.182. The zero-order chi connectivity index (χ0) is 12.4. The quantitative estimate of drug-likeness (QED) is 0.836. The summed E-state index contributed by atoms with van der Waals surface area (Å²) < 4.78 is 13.2. The molecule has 3 nitrogen and oxygen atoms in total. The Bertz CT molecular complexity index is 516. The Morgan fingerprint density at radius 2 is 2.00 bits per heavy atom. The van der Waals surface area contributed by atoms with Gasteiger partial charge >= 0.3 is 0 Å². The van der Waals surface area contributed by atoms with Crippen LogP contribution in [-0.2, 0) is 6.54 Å². The summed E-state index contributed by atoms with van der Waals surface area (Å²) in [4.78, 5) is 0. The van der Waals surface area contributed by atoms with E-state index in [1.54, 1.807) is 6.20 Å². The Balaban J connectivity index is 2.12. The third kappa shape index (κ3) is 2.70. The predicted octanol–water partition coefficient (Wildman–Crippen LogP) is 3.78. The molecule has 0 aliphatic rings. The van der Waals surface area contributed by atoms with E-state index in [9.17, 15) is 4.39 Å². The number of aromatic amines is 1. The summed E-state index contributed by atoms with van der Waals surface area (Å²) in [5, 5.41) is 9.85. The van der Waals surface area contributed by atoms with Crippen LogP contribution in [0.5, 0.6) is 0 Å². The minimum absolute atomic E-state index is 0.00363. The van der Waals surface area contributed by atoms with Crippen LogP contribution in [0.15, 0.2) is 18.3 Å². The van der Waals surface area contributed by atoms with Gasteiger partial charge in [-0.15, -0.1) is 0 Å². The fourth-order valence-corrected chi connectivity index (χ4v) is 1.90. The highest BCUT2D eigenvalue weighted by Crippen LogP contribution is 2.27. The van der Waals surface area contributed by atoms with Crippen molar-refractivity contribution in [2.45, 2.75) is 13.5 Å². The van der Waals surface area contributed by atoms with Crippen LogP contribution in [-0.4, -0.2) is 10.2 Å². The molecular weight excluding hydrogens is 264 g/mol. The first-order valence-corrected chi connectivity index (χ1v) is 5.71. The number of nitrogens with one attached hydrogen (secondary N) is 2. The second-order valence-electron chi connectivity index (χ2n) is 3.63. The van der Waals surface area contributed by atoms with Gasteiger partial charge in [0.2, 0.25) is 0 Å². The highest BCUT2D eigenvalue weighted by atomic mass is 35.5. The zero-order valence-electron chi connectivity index (χ0n) is 9.02. The number of H-pyrrole nitrogens is 1. The van der Waals surface area contributed by atoms with Gasteiger partial charge in [0.25, 0.3) is 0 Å². The Morgan fingerprint density at radius 3 is 2.53 bits per heavy atom. The average molecular weight is 274 g/mol. The minimum Gasteiger partial charge on any atom is -0.381 e. The standard InChI is InChI=1S/C11H10Cl2FN3/c1-6-7(5-16-17-6)4-15-8-2-9(12)11(14)10(13)3-8/h2-3,5,15H,4H2,1H3,(H,16,17). The van der Waals surface area contributed by atoms with Gasteiger partial charge in [-0.05, 0) is 19.1 Å². The summed E-state index contributed by atoms with van der Waals surface area (Å²) in [5.74, 6) is -0.599. The predicted molar refractivity (Wildman–Crippen MR) is 67.1 cm³/mol. The molecule has 0 amide bonds. The van der Waals surface area contributed by atoms with Gasteiger partial charge in [0.15, 0.2) is 5.82 Å². The van der Waals surface area contributed by atoms with Crippen molar-refractivity contribution >= 4 is 28.9 Å². The molecule has 0 bridgehead atoms. The van der Waals surface area contributed by atoms with Crippen LogP contribution in [0.1, 0.15) is 11.3 Å². The van der Waals surface area contributed by atoms with Gasteiger partial charge in [-0.2, -0.15) is 5.10 Å². The molecular formula is C11H10Cl2FN3. The lowest BCUT2D eigenvalue weighted by Gasteiger charge is -2.07. The lowest BCUT2D eigenvalue weighted by Crippen LogP contribution is -2.00. The van der Waals surface area contributed by atoms with E-state index < -0.39 is 5.82 Å². The smallest absolute Gasteiger partial charge is 0.160 e. The van der Waals surface area contributed by atoms with Crippen LogP contribution in [0.3, 0.4) is 0 Å². The third-order valence-corrected chi connectivity index (χ3v) is 2.95. The molecule has 0 aliphatic heterocycles. The molecule has 6 heteroatoms. The van der Waals surface area contributed by atoms with E-state index in [4.69, 9.17) is 23.2 Å². The molecule has 90 valence electrons. The summed E-state index contributed by atoms with van der Waals surface area (Å²) in [7, 11) is 0. The second-order valence-corrected chi connectivity index (χ2v) is 4.44. The molecule has 0 spiro atoms. The zero-order valence-corrected chi connectivity index (χ0v) is 10.5. The topological polar surface area (TPSA) is 40.7 Å². The Hall–Kier alpha value is -1.26. The Morgan fingerprint density at radius 1 is 1.35 bits per heavy atom. The number of halogens is 3. The Kier molecular flexibility index (Phi) is 3.54. The molecule has 0 saturated carbocycles. The largest absolute Gasteiger partial charge is 0.381 e. The van der Waals surface area contributed by atoms with Gasteiger partial charge in [0.1, 0.15) is 0 Å². The number of nitrogens with zero attached hydrogens (tertiary/aromatic N) is 1. The minimum atomic E-state index is -0.599. The summed E-state index contributed by atoms with van der Waals surface area (Å²) in [5.41, 5.74) is 2.68.